The van der Waals surface area contributed by atoms with Crippen molar-refractivity contribution in [3.63, 3.8) is 0 Å². The second-order valence-electron chi connectivity index (χ2n) is 5.92. The van der Waals surface area contributed by atoms with Crippen LogP contribution < -0.4 is 10.6 Å². The van der Waals surface area contributed by atoms with Crippen LogP contribution in [0, 0.1) is 6.92 Å². The fourth-order valence-electron chi connectivity index (χ4n) is 2.17. The van der Waals surface area contributed by atoms with Crippen LogP contribution in [-0.4, -0.2) is 34.5 Å². The van der Waals surface area contributed by atoms with Gasteiger partial charge in [-0.3, -0.25) is 4.79 Å². The standard InChI is InChI=1S/C19H24N4O3/c1-5-12(3)20-17(24)16-11-13(4)21-19(23-16)22-15-9-7-14(8-10-15)18(25)26-6-2/h7-12H,5-6H2,1-4H3,(H,20,24)(H,21,22,23). The predicted molar refractivity (Wildman–Crippen MR) is 99.7 cm³/mol. The zero-order chi connectivity index (χ0) is 19.1. The van der Waals surface area contributed by atoms with E-state index in [4.69, 9.17) is 4.74 Å². The van der Waals surface area contributed by atoms with Crippen LogP contribution in [0.3, 0.4) is 0 Å². The number of aryl methyl sites for hydroxylation is 1. The Labute approximate surface area is 153 Å². The van der Waals surface area contributed by atoms with E-state index >= 15 is 0 Å². The number of carbonyl (C=O) groups is 2. The second kappa shape index (κ2) is 8.94. The SMILES string of the molecule is CCOC(=O)c1ccc(Nc2nc(C)cc(C(=O)NC(C)CC)n2)cc1. The number of ether oxygens (including phenoxy) is 1. The third kappa shape index (κ3) is 5.27. The normalized spacial score (nSPS) is 11.5. The minimum Gasteiger partial charge on any atom is -0.462 e. The minimum atomic E-state index is -0.366. The first-order chi connectivity index (χ1) is 12.4. The predicted octanol–water partition coefficient (Wildman–Crippen LogP) is 3.23. The third-order valence-electron chi connectivity index (χ3n) is 3.73. The van der Waals surface area contributed by atoms with Gasteiger partial charge in [-0.05, 0) is 57.5 Å². The van der Waals surface area contributed by atoms with Gasteiger partial charge in [-0.2, -0.15) is 0 Å². The zero-order valence-electron chi connectivity index (χ0n) is 15.5. The van der Waals surface area contributed by atoms with Crippen molar-refractivity contribution < 1.29 is 14.3 Å². The van der Waals surface area contributed by atoms with Crippen LogP contribution in [0.15, 0.2) is 30.3 Å². The Kier molecular flexibility index (Phi) is 6.66. The molecule has 26 heavy (non-hydrogen) atoms. The smallest absolute Gasteiger partial charge is 0.338 e. The molecule has 0 bridgehead atoms. The van der Waals surface area contributed by atoms with E-state index in [0.29, 0.717) is 35.2 Å². The largest absolute Gasteiger partial charge is 0.462 e. The number of hydrogen-bond acceptors (Lipinski definition) is 6. The van der Waals surface area contributed by atoms with Crippen LogP contribution in [0.25, 0.3) is 0 Å². The highest BCUT2D eigenvalue weighted by atomic mass is 16.5. The topological polar surface area (TPSA) is 93.2 Å². The highest BCUT2D eigenvalue weighted by molar-refractivity contribution is 5.93. The van der Waals surface area contributed by atoms with Gasteiger partial charge in [-0.25, -0.2) is 14.8 Å². The molecule has 7 nitrogen and oxygen atoms in total. The van der Waals surface area contributed by atoms with E-state index in [1.807, 2.05) is 13.8 Å². The molecule has 1 atom stereocenters. The maximum absolute atomic E-state index is 12.3. The maximum atomic E-state index is 12.3. The van der Waals surface area contributed by atoms with Crippen LogP contribution >= 0.6 is 0 Å². The number of nitrogens with zero attached hydrogens (tertiary/aromatic N) is 2. The third-order valence-corrected chi connectivity index (χ3v) is 3.73. The second-order valence-corrected chi connectivity index (χ2v) is 5.92. The van der Waals surface area contributed by atoms with Gasteiger partial charge in [0.1, 0.15) is 5.69 Å². The molecule has 7 heteroatoms. The Morgan fingerprint density at radius 3 is 2.46 bits per heavy atom. The van der Waals surface area contributed by atoms with Crippen molar-refractivity contribution in [2.24, 2.45) is 0 Å². The maximum Gasteiger partial charge on any atom is 0.338 e. The Balaban J connectivity index is 2.14. The molecular formula is C19H24N4O3. The van der Waals surface area contributed by atoms with Crippen LogP contribution in [-0.2, 0) is 4.74 Å². The molecule has 1 aromatic heterocycles. The molecule has 138 valence electrons. The molecule has 1 amide bonds. The van der Waals surface area contributed by atoms with Gasteiger partial charge in [0.05, 0.1) is 12.2 Å². The molecule has 0 radical (unpaired) electrons. The summed E-state index contributed by atoms with van der Waals surface area (Å²) in [6.45, 7) is 7.84. The van der Waals surface area contributed by atoms with Crippen molar-refractivity contribution >= 4 is 23.5 Å². The van der Waals surface area contributed by atoms with E-state index < -0.39 is 0 Å². The molecule has 2 rings (SSSR count). The quantitative estimate of drug-likeness (QED) is 0.740. The van der Waals surface area contributed by atoms with E-state index in [2.05, 4.69) is 20.6 Å². The Hall–Kier alpha value is -2.96. The molecule has 0 saturated carbocycles. The van der Waals surface area contributed by atoms with Crippen LogP contribution in [0.4, 0.5) is 11.6 Å². The van der Waals surface area contributed by atoms with E-state index in [0.717, 1.165) is 6.42 Å². The summed E-state index contributed by atoms with van der Waals surface area (Å²) in [6.07, 6.45) is 0.841. The van der Waals surface area contributed by atoms with E-state index in [1.165, 1.54) is 0 Å². The van der Waals surface area contributed by atoms with Gasteiger partial charge >= 0.3 is 5.97 Å². The molecule has 0 aliphatic carbocycles. The fourth-order valence-corrected chi connectivity index (χ4v) is 2.17. The monoisotopic (exact) mass is 356 g/mol. The highest BCUT2D eigenvalue weighted by Crippen LogP contribution is 2.16. The molecule has 0 saturated heterocycles. The molecule has 0 spiro atoms. The Morgan fingerprint density at radius 2 is 1.85 bits per heavy atom. The number of amides is 1. The molecule has 0 aliphatic rings. The van der Waals surface area contributed by atoms with Gasteiger partial charge in [0.15, 0.2) is 0 Å². The number of carbonyl (C=O) groups excluding carboxylic acids is 2. The molecular weight excluding hydrogens is 332 g/mol. The van der Waals surface area contributed by atoms with E-state index in [-0.39, 0.29) is 17.9 Å². The molecule has 0 fully saturated rings. The van der Waals surface area contributed by atoms with E-state index in [1.54, 1.807) is 44.2 Å². The molecule has 1 heterocycles. The summed E-state index contributed by atoms with van der Waals surface area (Å²) in [5, 5.41) is 5.94. The van der Waals surface area contributed by atoms with Crippen molar-refractivity contribution in [3.05, 3.63) is 47.3 Å². The summed E-state index contributed by atoms with van der Waals surface area (Å²) in [5.41, 5.74) is 2.16. The van der Waals surface area contributed by atoms with Gasteiger partial charge in [0.25, 0.3) is 5.91 Å². The average molecular weight is 356 g/mol. The number of benzene rings is 1. The lowest BCUT2D eigenvalue weighted by Crippen LogP contribution is -2.32. The number of anilines is 2. The lowest BCUT2D eigenvalue weighted by Gasteiger charge is -2.12. The number of aromatic nitrogens is 2. The van der Waals surface area contributed by atoms with Crippen LogP contribution in [0.1, 0.15) is 53.7 Å². The summed E-state index contributed by atoms with van der Waals surface area (Å²) in [7, 11) is 0. The number of rotatable bonds is 7. The lowest BCUT2D eigenvalue weighted by atomic mass is 10.2. The summed E-state index contributed by atoms with van der Waals surface area (Å²) in [5.74, 6) is -0.274. The first kappa shape index (κ1) is 19.4. The van der Waals surface area contributed by atoms with Crippen LogP contribution in [0.2, 0.25) is 0 Å². The zero-order valence-corrected chi connectivity index (χ0v) is 15.5. The Bertz CT molecular complexity index is 775. The van der Waals surface area contributed by atoms with Gasteiger partial charge in [-0.1, -0.05) is 6.92 Å². The first-order valence-electron chi connectivity index (χ1n) is 8.63. The Morgan fingerprint density at radius 1 is 1.15 bits per heavy atom. The van der Waals surface area contributed by atoms with Crippen molar-refractivity contribution in [2.75, 3.05) is 11.9 Å². The summed E-state index contributed by atoms with van der Waals surface area (Å²) < 4.78 is 4.96. The van der Waals surface area contributed by atoms with Crippen molar-refractivity contribution in [1.29, 1.82) is 0 Å². The van der Waals surface area contributed by atoms with Gasteiger partial charge in [0, 0.05) is 17.4 Å². The summed E-state index contributed by atoms with van der Waals surface area (Å²) in [6, 6.07) is 8.50. The number of esters is 1. The van der Waals surface area contributed by atoms with Gasteiger partial charge in [-0.15, -0.1) is 0 Å². The minimum absolute atomic E-state index is 0.0737. The highest BCUT2D eigenvalue weighted by Gasteiger charge is 2.13. The van der Waals surface area contributed by atoms with Crippen molar-refractivity contribution in [1.82, 2.24) is 15.3 Å². The molecule has 2 N–H and O–H groups in total. The summed E-state index contributed by atoms with van der Waals surface area (Å²) in [4.78, 5) is 32.5. The molecule has 0 aliphatic heterocycles. The van der Waals surface area contributed by atoms with Gasteiger partial charge < -0.3 is 15.4 Å². The lowest BCUT2D eigenvalue weighted by molar-refractivity contribution is 0.0526. The number of hydrogen-bond donors (Lipinski definition) is 2. The van der Waals surface area contributed by atoms with Gasteiger partial charge in [0.2, 0.25) is 5.95 Å². The van der Waals surface area contributed by atoms with Crippen molar-refractivity contribution in [3.8, 4) is 0 Å². The first-order valence-corrected chi connectivity index (χ1v) is 8.63. The molecule has 1 unspecified atom stereocenters. The number of nitrogens with one attached hydrogen (secondary N) is 2. The fraction of sp³-hybridized carbons (Fsp3) is 0.368. The summed E-state index contributed by atoms with van der Waals surface area (Å²) >= 11 is 0. The van der Waals surface area contributed by atoms with E-state index in [9.17, 15) is 9.59 Å². The molecule has 2 aromatic rings. The average Bonchev–Trinajstić information content (AvgIpc) is 2.61. The van der Waals surface area contributed by atoms with Crippen LogP contribution in [0.5, 0.6) is 0 Å². The van der Waals surface area contributed by atoms with Crippen molar-refractivity contribution in [2.45, 2.75) is 40.2 Å². The molecule has 1 aromatic carbocycles.